The van der Waals surface area contributed by atoms with Gasteiger partial charge in [-0.1, -0.05) is 6.92 Å². The molecular weight excluding hydrogens is 381 g/mol. The smallest absolute Gasteiger partial charge is 0.191 e. The Balaban J connectivity index is 0.00000161. The Morgan fingerprint density at radius 3 is 2.62 bits per heavy atom. The molecule has 2 aliphatic heterocycles. The molecular formula is C15H28IN3O2. The Morgan fingerprint density at radius 2 is 1.95 bits per heavy atom. The number of piperidine rings is 1. The van der Waals surface area contributed by atoms with Crippen LogP contribution in [0.1, 0.15) is 45.4 Å². The number of hydrogen-bond donors (Lipinski definition) is 1. The second-order valence-corrected chi connectivity index (χ2v) is 6.54. The van der Waals surface area contributed by atoms with Gasteiger partial charge < -0.3 is 20.1 Å². The van der Waals surface area contributed by atoms with Crippen molar-refractivity contribution in [3.8, 4) is 0 Å². The molecule has 2 saturated heterocycles. The molecule has 3 rings (SSSR count). The van der Waals surface area contributed by atoms with Gasteiger partial charge in [-0.05, 0) is 31.6 Å². The average molecular weight is 409 g/mol. The summed E-state index contributed by atoms with van der Waals surface area (Å²) in [6.07, 6.45) is 6.99. The minimum Gasteiger partial charge on any atom is -0.370 e. The third kappa shape index (κ3) is 4.22. The molecule has 0 radical (unpaired) electrons. The third-order valence-corrected chi connectivity index (χ3v) is 4.84. The molecule has 0 aromatic heterocycles. The molecule has 1 aliphatic carbocycles. The van der Waals surface area contributed by atoms with Crippen LogP contribution >= 0.6 is 24.0 Å². The maximum Gasteiger partial charge on any atom is 0.191 e. The molecule has 2 heterocycles. The Kier molecular flexibility index (Phi) is 6.14. The summed E-state index contributed by atoms with van der Waals surface area (Å²) in [6.45, 7) is 5.65. The normalized spacial score (nSPS) is 29.9. The first-order chi connectivity index (χ1) is 9.67. The number of guanidine groups is 1. The van der Waals surface area contributed by atoms with Gasteiger partial charge in [-0.15, -0.1) is 24.0 Å². The fraction of sp³-hybridized carbons (Fsp3) is 0.933. The van der Waals surface area contributed by atoms with E-state index in [1.165, 1.54) is 25.7 Å². The summed E-state index contributed by atoms with van der Waals surface area (Å²) in [6, 6.07) is 0. The van der Waals surface area contributed by atoms with Gasteiger partial charge in [0, 0.05) is 25.9 Å². The van der Waals surface area contributed by atoms with Crippen molar-refractivity contribution in [3.05, 3.63) is 0 Å². The van der Waals surface area contributed by atoms with E-state index in [9.17, 15) is 0 Å². The summed E-state index contributed by atoms with van der Waals surface area (Å²) in [7, 11) is 0. The molecule has 6 heteroatoms. The van der Waals surface area contributed by atoms with Crippen LogP contribution in [0, 0.1) is 5.92 Å². The Morgan fingerprint density at radius 1 is 1.29 bits per heavy atom. The van der Waals surface area contributed by atoms with E-state index in [4.69, 9.17) is 15.2 Å². The largest absolute Gasteiger partial charge is 0.370 e. The lowest BCUT2D eigenvalue weighted by molar-refractivity contribution is -0.160. The Bertz CT molecular complexity index is 364. The standard InChI is InChI=1S/C15H27N3O2.HI/c1-12-4-8-18(9-5-12)14(16)17-10-13-11-19-15(20-13)6-2-3-7-15;/h12-13H,2-11H2,1H3,(H2,16,17);1H. The molecule has 1 atom stereocenters. The third-order valence-electron chi connectivity index (χ3n) is 4.84. The summed E-state index contributed by atoms with van der Waals surface area (Å²) in [5, 5.41) is 0. The molecule has 0 aromatic carbocycles. The number of aliphatic imine (C=N–C) groups is 1. The zero-order valence-electron chi connectivity index (χ0n) is 12.9. The first-order valence-electron chi connectivity index (χ1n) is 8.03. The van der Waals surface area contributed by atoms with Crippen molar-refractivity contribution in [1.29, 1.82) is 0 Å². The van der Waals surface area contributed by atoms with E-state index in [1.54, 1.807) is 0 Å². The molecule has 1 spiro atoms. The van der Waals surface area contributed by atoms with Crippen LogP contribution in [-0.2, 0) is 9.47 Å². The van der Waals surface area contributed by atoms with E-state index >= 15 is 0 Å². The van der Waals surface area contributed by atoms with Crippen LogP contribution in [-0.4, -0.2) is 49.0 Å². The van der Waals surface area contributed by atoms with Crippen LogP contribution in [0.15, 0.2) is 4.99 Å². The molecule has 21 heavy (non-hydrogen) atoms. The van der Waals surface area contributed by atoms with Crippen molar-refractivity contribution >= 4 is 29.9 Å². The fourth-order valence-electron chi connectivity index (χ4n) is 3.42. The van der Waals surface area contributed by atoms with Gasteiger partial charge >= 0.3 is 0 Å². The molecule has 0 aromatic rings. The van der Waals surface area contributed by atoms with E-state index < -0.39 is 0 Å². The van der Waals surface area contributed by atoms with Crippen LogP contribution in [0.2, 0.25) is 0 Å². The van der Waals surface area contributed by atoms with Crippen molar-refractivity contribution < 1.29 is 9.47 Å². The van der Waals surface area contributed by atoms with Gasteiger partial charge in [0.25, 0.3) is 0 Å². The molecule has 2 N–H and O–H groups in total. The van der Waals surface area contributed by atoms with E-state index in [-0.39, 0.29) is 35.9 Å². The lowest BCUT2D eigenvalue weighted by atomic mass is 10.00. The molecule has 1 unspecified atom stereocenters. The summed E-state index contributed by atoms with van der Waals surface area (Å²) in [5.41, 5.74) is 6.10. The van der Waals surface area contributed by atoms with Gasteiger partial charge in [-0.3, -0.25) is 4.99 Å². The molecule has 3 fully saturated rings. The molecule has 0 amide bonds. The van der Waals surface area contributed by atoms with E-state index in [0.29, 0.717) is 19.1 Å². The highest BCUT2D eigenvalue weighted by atomic mass is 127. The van der Waals surface area contributed by atoms with Gasteiger partial charge in [-0.25, -0.2) is 0 Å². The maximum absolute atomic E-state index is 6.10. The predicted molar refractivity (Wildman–Crippen MR) is 93.9 cm³/mol. The van der Waals surface area contributed by atoms with Crippen LogP contribution in [0.25, 0.3) is 0 Å². The van der Waals surface area contributed by atoms with Crippen molar-refractivity contribution in [2.75, 3.05) is 26.2 Å². The minimum absolute atomic E-state index is 0. The number of hydrogen-bond acceptors (Lipinski definition) is 3. The van der Waals surface area contributed by atoms with E-state index in [1.807, 2.05) is 0 Å². The summed E-state index contributed by atoms with van der Waals surface area (Å²) >= 11 is 0. The lowest BCUT2D eigenvalue weighted by Gasteiger charge is -2.31. The fourth-order valence-corrected chi connectivity index (χ4v) is 3.42. The SMILES string of the molecule is CC1CCN(C(N)=NCC2COC3(CCCC3)O2)CC1.I. The molecule has 1 saturated carbocycles. The topological polar surface area (TPSA) is 60.1 Å². The molecule has 122 valence electrons. The van der Waals surface area contributed by atoms with E-state index in [2.05, 4.69) is 16.8 Å². The monoisotopic (exact) mass is 409 g/mol. The van der Waals surface area contributed by atoms with Gasteiger partial charge in [0.1, 0.15) is 6.10 Å². The number of nitrogens with zero attached hydrogens (tertiary/aromatic N) is 2. The van der Waals surface area contributed by atoms with Gasteiger partial charge in [0.15, 0.2) is 11.7 Å². The predicted octanol–water partition coefficient (Wildman–Crippen LogP) is 2.34. The zero-order valence-corrected chi connectivity index (χ0v) is 15.3. The first kappa shape index (κ1) is 17.3. The highest BCUT2D eigenvalue weighted by molar-refractivity contribution is 14.0. The molecule has 3 aliphatic rings. The first-order valence-corrected chi connectivity index (χ1v) is 8.03. The van der Waals surface area contributed by atoms with Gasteiger partial charge in [0.05, 0.1) is 13.2 Å². The zero-order chi connectivity index (χ0) is 14.0. The average Bonchev–Trinajstić information content (AvgIpc) is 3.08. The Labute approximate surface area is 144 Å². The number of likely N-dealkylation sites (tertiary alicyclic amines) is 1. The van der Waals surface area contributed by atoms with Crippen LogP contribution < -0.4 is 5.73 Å². The van der Waals surface area contributed by atoms with Crippen LogP contribution in [0.3, 0.4) is 0 Å². The van der Waals surface area contributed by atoms with Crippen molar-refractivity contribution in [3.63, 3.8) is 0 Å². The van der Waals surface area contributed by atoms with E-state index in [0.717, 1.165) is 31.8 Å². The van der Waals surface area contributed by atoms with Crippen LogP contribution in [0.5, 0.6) is 0 Å². The summed E-state index contributed by atoms with van der Waals surface area (Å²) in [4.78, 5) is 6.72. The van der Waals surface area contributed by atoms with Crippen LogP contribution in [0.4, 0.5) is 0 Å². The number of nitrogens with two attached hydrogens (primary N) is 1. The lowest BCUT2D eigenvalue weighted by Crippen LogP contribution is -2.43. The quantitative estimate of drug-likeness (QED) is 0.432. The number of halogens is 1. The Hall–Kier alpha value is -0.0800. The highest BCUT2D eigenvalue weighted by Crippen LogP contribution is 2.39. The highest BCUT2D eigenvalue weighted by Gasteiger charge is 2.43. The number of ether oxygens (including phenoxy) is 2. The van der Waals surface area contributed by atoms with Crippen molar-refractivity contribution in [2.24, 2.45) is 16.6 Å². The second-order valence-electron chi connectivity index (χ2n) is 6.54. The summed E-state index contributed by atoms with van der Waals surface area (Å²) in [5.74, 6) is 1.20. The molecule has 5 nitrogen and oxygen atoms in total. The van der Waals surface area contributed by atoms with Crippen molar-refractivity contribution in [1.82, 2.24) is 4.90 Å². The van der Waals surface area contributed by atoms with Crippen molar-refractivity contribution in [2.45, 2.75) is 57.3 Å². The minimum atomic E-state index is -0.282. The molecule has 0 bridgehead atoms. The number of rotatable bonds is 2. The van der Waals surface area contributed by atoms with Gasteiger partial charge in [0.2, 0.25) is 0 Å². The summed E-state index contributed by atoms with van der Waals surface area (Å²) < 4.78 is 11.9. The van der Waals surface area contributed by atoms with Gasteiger partial charge in [-0.2, -0.15) is 0 Å². The second kappa shape index (κ2) is 7.46. The maximum atomic E-state index is 6.10.